The zero-order chi connectivity index (χ0) is 10.1. The maximum Gasteiger partial charge on any atom is 0.240 e. The van der Waals surface area contributed by atoms with Gasteiger partial charge in [0.25, 0.3) is 0 Å². The number of anilines is 1. The first-order valence-electron chi connectivity index (χ1n) is 4.30. The molecule has 74 valence electrons. The van der Waals surface area contributed by atoms with Crippen molar-refractivity contribution in [3.8, 4) is 0 Å². The quantitative estimate of drug-likeness (QED) is 0.657. The molecule has 1 aliphatic heterocycles. The zero-order valence-corrected chi connectivity index (χ0v) is 7.43. The van der Waals surface area contributed by atoms with Crippen molar-refractivity contribution >= 4 is 17.5 Å². The molecule has 0 bridgehead atoms. The molecule has 0 aliphatic carbocycles. The third-order valence-corrected chi connectivity index (χ3v) is 2.30. The van der Waals surface area contributed by atoms with E-state index in [4.69, 9.17) is 5.73 Å². The van der Waals surface area contributed by atoms with E-state index in [0.29, 0.717) is 18.5 Å². The number of nitrogens with one attached hydrogen (secondary N) is 1. The van der Waals surface area contributed by atoms with Gasteiger partial charge in [-0.2, -0.15) is 5.10 Å². The van der Waals surface area contributed by atoms with Crippen LogP contribution in [0.15, 0.2) is 12.4 Å². The predicted octanol–water partition coefficient (Wildman–Crippen LogP) is -0.610. The summed E-state index contributed by atoms with van der Waals surface area (Å²) in [5.74, 6) is -0.563. The van der Waals surface area contributed by atoms with Gasteiger partial charge in [0.05, 0.1) is 11.9 Å². The van der Waals surface area contributed by atoms with Crippen LogP contribution in [0.25, 0.3) is 0 Å². The molecule has 2 rings (SSSR count). The molecular formula is C8H10N4O2. The third-order valence-electron chi connectivity index (χ3n) is 2.30. The Hall–Kier alpha value is -1.85. The van der Waals surface area contributed by atoms with Gasteiger partial charge in [-0.1, -0.05) is 0 Å². The van der Waals surface area contributed by atoms with Gasteiger partial charge >= 0.3 is 0 Å². The highest BCUT2D eigenvalue weighted by Crippen LogP contribution is 2.25. The smallest absolute Gasteiger partial charge is 0.240 e. The van der Waals surface area contributed by atoms with E-state index in [0.717, 1.165) is 0 Å². The number of amides is 2. The van der Waals surface area contributed by atoms with Gasteiger partial charge in [0.15, 0.2) is 0 Å². The van der Waals surface area contributed by atoms with Gasteiger partial charge in [0.2, 0.25) is 11.8 Å². The van der Waals surface area contributed by atoms with Crippen molar-refractivity contribution in [3.05, 3.63) is 12.4 Å². The van der Waals surface area contributed by atoms with E-state index in [-0.39, 0.29) is 5.91 Å². The lowest BCUT2D eigenvalue weighted by Crippen LogP contribution is -2.42. The molecule has 6 nitrogen and oxygen atoms in total. The summed E-state index contributed by atoms with van der Waals surface area (Å²) in [5.41, 5.74) is 5.79. The van der Waals surface area contributed by atoms with E-state index in [9.17, 15) is 9.59 Å². The lowest BCUT2D eigenvalue weighted by molar-refractivity contribution is -0.121. The highest BCUT2D eigenvalue weighted by atomic mass is 16.2. The fourth-order valence-electron chi connectivity index (χ4n) is 1.65. The number of nitrogens with two attached hydrogens (primary N) is 1. The van der Waals surface area contributed by atoms with Crippen molar-refractivity contribution in [1.82, 2.24) is 10.2 Å². The summed E-state index contributed by atoms with van der Waals surface area (Å²) in [6.07, 6.45) is 3.91. The number of aromatic amines is 1. The molecule has 0 aromatic carbocycles. The molecule has 1 aliphatic rings. The average Bonchev–Trinajstić information content (AvgIpc) is 2.71. The minimum atomic E-state index is -0.528. The van der Waals surface area contributed by atoms with Crippen LogP contribution in [0.1, 0.15) is 12.8 Å². The average molecular weight is 194 g/mol. The number of nitrogens with zero attached hydrogens (tertiary/aromatic N) is 2. The summed E-state index contributed by atoms with van der Waals surface area (Å²) < 4.78 is 0. The molecule has 2 heterocycles. The number of primary amides is 1. The van der Waals surface area contributed by atoms with Crippen LogP contribution in [0, 0.1) is 0 Å². The van der Waals surface area contributed by atoms with Crippen molar-refractivity contribution in [2.45, 2.75) is 18.9 Å². The van der Waals surface area contributed by atoms with E-state index in [1.54, 1.807) is 6.20 Å². The number of carbonyl (C=O) groups is 2. The van der Waals surface area contributed by atoms with Gasteiger partial charge in [-0.05, 0) is 6.42 Å². The maximum absolute atomic E-state index is 11.5. The summed E-state index contributed by atoms with van der Waals surface area (Å²) in [5, 5.41) is 6.31. The van der Waals surface area contributed by atoms with E-state index in [1.165, 1.54) is 11.1 Å². The second kappa shape index (κ2) is 3.13. The third kappa shape index (κ3) is 1.24. The lowest BCUT2D eigenvalue weighted by Gasteiger charge is -2.19. The summed E-state index contributed by atoms with van der Waals surface area (Å²) in [7, 11) is 0. The summed E-state index contributed by atoms with van der Waals surface area (Å²) in [6.45, 7) is 0. The minimum absolute atomic E-state index is 0.0878. The lowest BCUT2D eigenvalue weighted by atomic mass is 10.2. The number of H-pyrrole nitrogens is 1. The first kappa shape index (κ1) is 8.74. The van der Waals surface area contributed by atoms with Gasteiger partial charge in [-0.25, -0.2) is 0 Å². The second-order valence-corrected chi connectivity index (χ2v) is 3.18. The molecule has 6 heteroatoms. The van der Waals surface area contributed by atoms with Gasteiger partial charge in [-0.15, -0.1) is 0 Å². The highest BCUT2D eigenvalue weighted by molar-refractivity contribution is 6.03. The number of hydrogen-bond acceptors (Lipinski definition) is 3. The molecule has 0 saturated carbocycles. The largest absolute Gasteiger partial charge is 0.368 e. The molecule has 0 radical (unpaired) electrons. The fourth-order valence-corrected chi connectivity index (χ4v) is 1.65. The Morgan fingerprint density at radius 1 is 1.71 bits per heavy atom. The molecule has 1 fully saturated rings. The van der Waals surface area contributed by atoms with Crippen LogP contribution in [0.4, 0.5) is 5.69 Å². The van der Waals surface area contributed by atoms with Crippen LogP contribution >= 0.6 is 0 Å². The second-order valence-electron chi connectivity index (χ2n) is 3.18. The maximum atomic E-state index is 11.5. The number of hydrogen-bond donors (Lipinski definition) is 2. The summed E-state index contributed by atoms with van der Waals surface area (Å²) >= 11 is 0. The Bertz CT molecular complexity index is 359. The van der Waals surface area contributed by atoms with Crippen LogP contribution in [-0.2, 0) is 9.59 Å². The first-order valence-corrected chi connectivity index (χ1v) is 4.30. The predicted molar refractivity (Wildman–Crippen MR) is 48.3 cm³/mol. The molecule has 14 heavy (non-hydrogen) atoms. The van der Waals surface area contributed by atoms with E-state index in [1.807, 2.05) is 0 Å². The monoisotopic (exact) mass is 194 g/mol. The molecule has 1 aromatic rings. The van der Waals surface area contributed by atoms with Crippen molar-refractivity contribution in [2.75, 3.05) is 4.90 Å². The molecule has 1 aromatic heterocycles. The number of aromatic nitrogens is 2. The Morgan fingerprint density at radius 3 is 3.07 bits per heavy atom. The van der Waals surface area contributed by atoms with Crippen molar-refractivity contribution in [1.29, 1.82) is 0 Å². The molecule has 2 amide bonds. The van der Waals surface area contributed by atoms with Crippen LogP contribution in [-0.4, -0.2) is 28.1 Å². The van der Waals surface area contributed by atoms with Crippen molar-refractivity contribution in [2.24, 2.45) is 5.73 Å². The summed E-state index contributed by atoms with van der Waals surface area (Å²) in [6, 6.07) is -0.528. The molecule has 1 unspecified atom stereocenters. The Balaban J connectivity index is 2.31. The molecule has 0 spiro atoms. The SMILES string of the molecule is NC(=O)C1CCC(=O)N1c1cn[nH]c1. The molecule has 1 atom stereocenters. The molecule has 1 saturated heterocycles. The Kier molecular flexibility index (Phi) is 1.95. The number of rotatable bonds is 2. The van der Waals surface area contributed by atoms with Gasteiger partial charge < -0.3 is 5.73 Å². The van der Waals surface area contributed by atoms with E-state index in [2.05, 4.69) is 10.2 Å². The minimum Gasteiger partial charge on any atom is -0.368 e. The first-order chi connectivity index (χ1) is 6.70. The van der Waals surface area contributed by atoms with Crippen LogP contribution in [0.2, 0.25) is 0 Å². The van der Waals surface area contributed by atoms with Gasteiger partial charge in [0, 0.05) is 12.6 Å². The standard InChI is InChI=1S/C8H10N4O2/c9-8(14)6-1-2-7(13)12(6)5-3-10-11-4-5/h3-4,6H,1-2H2,(H2,9,14)(H,10,11). The van der Waals surface area contributed by atoms with Crippen molar-refractivity contribution < 1.29 is 9.59 Å². The Morgan fingerprint density at radius 2 is 2.50 bits per heavy atom. The number of carbonyl (C=O) groups excluding carboxylic acids is 2. The molecular weight excluding hydrogens is 184 g/mol. The molecule has 3 N–H and O–H groups in total. The highest BCUT2D eigenvalue weighted by Gasteiger charge is 2.36. The van der Waals surface area contributed by atoms with Gasteiger partial charge in [-0.3, -0.25) is 19.6 Å². The van der Waals surface area contributed by atoms with Crippen LogP contribution in [0.5, 0.6) is 0 Å². The van der Waals surface area contributed by atoms with E-state index >= 15 is 0 Å². The summed E-state index contributed by atoms with van der Waals surface area (Å²) in [4.78, 5) is 23.9. The van der Waals surface area contributed by atoms with Crippen molar-refractivity contribution in [3.63, 3.8) is 0 Å². The van der Waals surface area contributed by atoms with Crippen LogP contribution in [0.3, 0.4) is 0 Å². The van der Waals surface area contributed by atoms with Crippen LogP contribution < -0.4 is 10.6 Å². The van der Waals surface area contributed by atoms with E-state index < -0.39 is 11.9 Å². The van der Waals surface area contributed by atoms with Gasteiger partial charge in [0.1, 0.15) is 6.04 Å². The normalized spacial score (nSPS) is 21.6. The Labute approximate surface area is 80.1 Å². The fraction of sp³-hybridized carbons (Fsp3) is 0.375. The topological polar surface area (TPSA) is 92.1 Å². The zero-order valence-electron chi connectivity index (χ0n) is 7.43.